The van der Waals surface area contributed by atoms with Crippen LogP contribution < -0.4 is 10.7 Å². The monoisotopic (exact) mass is 372 g/mol. The number of hydrogen-bond donors (Lipinski definition) is 2. The molecule has 7 nitrogen and oxygen atoms in total. The van der Waals surface area contributed by atoms with Gasteiger partial charge in [0.1, 0.15) is 17.0 Å². The average Bonchev–Trinajstić information content (AvgIpc) is 3.43. The molecular formula is C19H21FN4O3. The molecule has 2 bridgehead atoms. The fourth-order valence-electron chi connectivity index (χ4n) is 4.63. The van der Waals surface area contributed by atoms with Gasteiger partial charge >= 0.3 is 5.97 Å². The minimum atomic E-state index is -1.30. The molecule has 2 aromatic heterocycles. The Morgan fingerprint density at radius 3 is 2.74 bits per heavy atom. The molecule has 142 valence electrons. The van der Waals surface area contributed by atoms with Crippen molar-refractivity contribution in [2.45, 2.75) is 49.9 Å². The highest BCUT2D eigenvalue weighted by Gasteiger charge is 2.42. The first-order chi connectivity index (χ1) is 13.0. The Hall–Kier alpha value is -2.32. The van der Waals surface area contributed by atoms with Crippen molar-refractivity contribution in [1.82, 2.24) is 19.8 Å². The Bertz CT molecular complexity index is 1020. The van der Waals surface area contributed by atoms with Gasteiger partial charge in [-0.3, -0.25) is 9.69 Å². The number of carboxylic acids is 1. The summed E-state index contributed by atoms with van der Waals surface area (Å²) in [6, 6.07) is 1.70. The lowest BCUT2D eigenvalue weighted by molar-refractivity contribution is 0.0695. The van der Waals surface area contributed by atoms with E-state index in [2.05, 4.69) is 22.2 Å². The molecule has 0 aromatic carbocycles. The minimum absolute atomic E-state index is 0.0384. The molecular weight excluding hydrogens is 351 g/mol. The van der Waals surface area contributed by atoms with E-state index < -0.39 is 17.2 Å². The van der Waals surface area contributed by atoms with Crippen molar-refractivity contribution in [1.29, 1.82) is 0 Å². The third-order valence-electron chi connectivity index (χ3n) is 6.30. The first-order valence-corrected chi connectivity index (χ1v) is 9.39. The SMILES string of the molecule is CN1C2CCC1C(c1nc3c(cc1F)c(=O)c(C(=O)O)cn3C1CC1)NC2. The topological polar surface area (TPSA) is 87.5 Å². The number of halogens is 1. The number of aromatic carboxylic acids is 1. The largest absolute Gasteiger partial charge is 0.477 e. The van der Waals surface area contributed by atoms with Gasteiger partial charge in [0.25, 0.3) is 0 Å². The van der Waals surface area contributed by atoms with Gasteiger partial charge in [0.05, 0.1) is 17.1 Å². The lowest BCUT2D eigenvalue weighted by Crippen LogP contribution is -2.52. The molecule has 1 saturated carbocycles. The summed E-state index contributed by atoms with van der Waals surface area (Å²) in [4.78, 5) is 30.9. The number of hydrogen-bond acceptors (Lipinski definition) is 5. The van der Waals surface area contributed by atoms with Crippen molar-refractivity contribution in [3.63, 3.8) is 0 Å². The van der Waals surface area contributed by atoms with Crippen LogP contribution >= 0.6 is 0 Å². The molecule has 1 aliphatic carbocycles. The lowest BCUT2D eigenvalue weighted by Gasteiger charge is -2.38. The van der Waals surface area contributed by atoms with Gasteiger partial charge in [0.15, 0.2) is 0 Å². The molecule has 27 heavy (non-hydrogen) atoms. The van der Waals surface area contributed by atoms with Crippen molar-refractivity contribution in [3.05, 3.63) is 39.6 Å². The molecule has 3 atom stereocenters. The first-order valence-electron chi connectivity index (χ1n) is 9.39. The molecule has 4 heterocycles. The highest BCUT2D eigenvalue weighted by Crippen LogP contribution is 2.39. The number of nitrogens with zero attached hydrogens (tertiary/aromatic N) is 3. The van der Waals surface area contributed by atoms with Crippen LogP contribution in [0.5, 0.6) is 0 Å². The summed E-state index contributed by atoms with van der Waals surface area (Å²) < 4.78 is 16.7. The van der Waals surface area contributed by atoms with Gasteiger partial charge in [-0.25, -0.2) is 14.2 Å². The number of carboxylic acid groups (broad SMARTS) is 1. The summed E-state index contributed by atoms with van der Waals surface area (Å²) in [7, 11) is 2.06. The maximum absolute atomic E-state index is 15.0. The van der Waals surface area contributed by atoms with E-state index in [4.69, 9.17) is 0 Å². The Morgan fingerprint density at radius 2 is 2.04 bits per heavy atom. The molecule has 5 rings (SSSR count). The Labute approximate surface area is 154 Å². The van der Waals surface area contributed by atoms with Crippen molar-refractivity contribution in [2.24, 2.45) is 0 Å². The maximum atomic E-state index is 15.0. The lowest BCUT2D eigenvalue weighted by atomic mass is 10.00. The summed E-state index contributed by atoms with van der Waals surface area (Å²) in [5.74, 6) is -1.85. The molecule has 3 unspecified atom stereocenters. The second-order valence-electron chi connectivity index (χ2n) is 7.89. The van der Waals surface area contributed by atoms with Crippen LogP contribution in [0.25, 0.3) is 11.0 Å². The third kappa shape index (κ3) is 2.50. The molecule has 2 N–H and O–H groups in total. The van der Waals surface area contributed by atoms with Crippen LogP contribution in [0.15, 0.2) is 17.1 Å². The smallest absolute Gasteiger partial charge is 0.341 e. The molecule has 0 radical (unpaired) electrons. The summed E-state index contributed by atoms with van der Waals surface area (Å²) >= 11 is 0. The number of fused-ring (bicyclic) bond motifs is 3. The van der Waals surface area contributed by atoms with Crippen molar-refractivity contribution < 1.29 is 14.3 Å². The van der Waals surface area contributed by atoms with E-state index in [1.54, 1.807) is 4.57 Å². The van der Waals surface area contributed by atoms with Gasteiger partial charge in [-0.05, 0) is 38.8 Å². The van der Waals surface area contributed by atoms with E-state index in [9.17, 15) is 19.1 Å². The number of aromatic nitrogens is 2. The highest BCUT2D eigenvalue weighted by molar-refractivity contribution is 5.91. The number of likely N-dealkylation sites (N-methyl/N-ethyl adjacent to an activating group) is 1. The normalized spacial score (nSPS) is 28.0. The predicted octanol–water partition coefficient (Wildman–Crippen LogP) is 1.68. The van der Waals surface area contributed by atoms with Gasteiger partial charge in [-0.1, -0.05) is 0 Å². The molecule has 2 aliphatic heterocycles. The molecule has 2 aromatic rings. The van der Waals surface area contributed by atoms with Crippen LogP contribution in [-0.4, -0.2) is 51.2 Å². The number of nitrogens with one attached hydrogen (secondary N) is 1. The Balaban J connectivity index is 1.70. The second-order valence-corrected chi connectivity index (χ2v) is 7.89. The molecule has 0 amide bonds. The molecule has 3 aliphatic rings. The zero-order valence-corrected chi connectivity index (χ0v) is 15.0. The molecule has 3 fully saturated rings. The summed E-state index contributed by atoms with van der Waals surface area (Å²) in [6.07, 6.45) is 5.23. The standard InChI is InChI=1S/C19H21FN4O3/c1-23-10-4-5-14(23)16(21-7-10)15-13(20)6-11-17(25)12(19(26)27)8-24(9-2-3-9)18(11)22-15/h6,8-10,14,16,21H,2-5,7H2,1H3,(H,26,27). The molecule has 0 spiro atoms. The number of rotatable bonds is 3. The van der Waals surface area contributed by atoms with Gasteiger partial charge < -0.3 is 15.0 Å². The Morgan fingerprint density at radius 1 is 1.30 bits per heavy atom. The van der Waals surface area contributed by atoms with E-state index in [-0.39, 0.29) is 29.1 Å². The van der Waals surface area contributed by atoms with Gasteiger partial charge in [0, 0.05) is 30.9 Å². The first kappa shape index (κ1) is 16.8. The van der Waals surface area contributed by atoms with E-state index >= 15 is 0 Å². The van der Waals surface area contributed by atoms with Gasteiger partial charge in [-0.15, -0.1) is 0 Å². The second kappa shape index (κ2) is 5.84. The highest BCUT2D eigenvalue weighted by atomic mass is 19.1. The maximum Gasteiger partial charge on any atom is 0.341 e. The van der Waals surface area contributed by atoms with Crippen LogP contribution in [0.4, 0.5) is 4.39 Å². The molecule has 2 saturated heterocycles. The quantitative estimate of drug-likeness (QED) is 0.852. The zero-order chi connectivity index (χ0) is 18.9. The average molecular weight is 372 g/mol. The minimum Gasteiger partial charge on any atom is -0.477 e. The molecule has 8 heteroatoms. The van der Waals surface area contributed by atoms with Crippen LogP contribution in [0.2, 0.25) is 0 Å². The van der Waals surface area contributed by atoms with E-state index in [0.717, 1.165) is 32.2 Å². The van der Waals surface area contributed by atoms with Crippen LogP contribution in [0.3, 0.4) is 0 Å². The third-order valence-corrected chi connectivity index (χ3v) is 6.30. The van der Waals surface area contributed by atoms with Gasteiger partial charge in [0.2, 0.25) is 5.43 Å². The van der Waals surface area contributed by atoms with E-state index in [1.807, 2.05) is 0 Å². The van der Waals surface area contributed by atoms with Crippen molar-refractivity contribution in [3.8, 4) is 0 Å². The fourth-order valence-corrected chi connectivity index (χ4v) is 4.63. The van der Waals surface area contributed by atoms with Crippen molar-refractivity contribution >= 4 is 17.0 Å². The summed E-state index contributed by atoms with van der Waals surface area (Å²) in [5.41, 5.74) is -0.315. The predicted molar refractivity (Wildman–Crippen MR) is 96.5 cm³/mol. The number of piperazine rings is 1. The fraction of sp³-hybridized carbons (Fsp3) is 0.526. The van der Waals surface area contributed by atoms with Crippen LogP contribution in [-0.2, 0) is 0 Å². The van der Waals surface area contributed by atoms with E-state index in [0.29, 0.717) is 17.4 Å². The van der Waals surface area contributed by atoms with Crippen LogP contribution in [0.1, 0.15) is 53.8 Å². The number of pyridine rings is 2. The Kier molecular flexibility index (Phi) is 3.64. The number of carbonyl (C=O) groups is 1. The van der Waals surface area contributed by atoms with E-state index in [1.165, 1.54) is 12.3 Å². The van der Waals surface area contributed by atoms with Crippen molar-refractivity contribution in [2.75, 3.05) is 13.6 Å². The zero-order valence-electron chi connectivity index (χ0n) is 15.0. The summed E-state index contributed by atoms with van der Waals surface area (Å²) in [5, 5.41) is 12.8. The van der Waals surface area contributed by atoms with Crippen LogP contribution in [0, 0.1) is 5.82 Å². The van der Waals surface area contributed by atoms with Gasteiger partial charge in [-0.2, -0.15) is 0 Å². The summed E-state index contributed by atoms with van der Waals surface area (Å²) in [6.45, 7) is 0.782.